The van der Waals surface area contributed by atoms with Gasteiger partial charge in [-0.2, -0.15) is 0 Å². The highest BCUT2D eigenvalue weighted by Gasteiger charge is 2.10. The number of rotatable bonds is 5. The first-order valence-corrected chi connectivity index (χ1v) is 7.50. The minimum atomic E-state index is -0.131. The molecule has 3 rings (SSSR count). The maximum absolute atomic E-state index is 11.1. The fourth-order valence-electron chi connectivity index (χ4n) is 2.26. The maximum atomic E-state index is 11.1. The molecule has 0 aliphatic heterocycles. The highest BCUT2D eigenvalue weighted by atomic mass is 35.5. The summed E-state index contributed by atoms with van der Waals surface area (Å²) < 4.78 is 7.43. The number of aliphatic hydroxyl groups is 1. The summed E-state index contributed by atoms with van der Waals surface area (Å²) in [6.45, 7) is -0.131. The van der Waals surface area contributed by atoms with Crippen LogP contribution in [-0.2, 0) is 13.7 Å². The molecule has 2 aromatic heterocycles. The van der Waals surface area contributed by atoms with E-state index in [1.54, 1.807) is 41.2 Å². The highest BCUT2D eigenvalue weighted by Crippen LogP contribution is 2.28. The molecule has 0 unspecified atom stereocenters. The number of ether oxygens (including phenoxy) is 1. The molecule has 0 saturated carbocycles. The summed E-state index contributed by atoms with van der Waals surface area (Å²) in [7, 11) is 1.82. The molecule has 0 amide bonds. The number of halogens is 1. The zero-order valence-electron chi connectivity index (χ0n) is 12.8. The van der Waals surface area contributed by atoms with Gasteiger partial charge < -0.3 is 14.4 Å². The summed E-state index contributed by atoms with van der Waals surface area (Å²) >= 11 is 5.93. The van der Waals surface area contributed by atoms with Crippen LogP contribution in [0.5, 0.6) is 11.6 Å². The first-order valence-electron chi connectivity index (χ1n) is 7.13. The SMILES string of the molecule is Cn1c(-c2ccc(Oc3cc(Cl)ccc3C=O)nc2)cnc1CO. The van der Waals surface area contributed by atoms with Crippen molar-refractivity contribution in [1.29, 1.82) is 0 Å². The van der Waals surface area contributed by atoms with Gasteiger partial charge in [0.05, 0.1) is 17.5 Å². The summed E-state index contributed by atoms with van der Waals surface area (Å²) in [5.41, 5.74) is 2.05. The van der Waals surface area contributed by atoms with Gasteiger partial charge in [-0.3, -0.25) is 4.79 Å². The number of hydrogen-bond donors (Lipinski definition) is 1. The van der Waals surface area contributed by atoms with Gasteiger partial charge in [0.1, 0.15) is 18.2 Å². The van der Waals surface area contributed by atoms with Crippen molar-refractivity contribution in [2.24, 2.45) is 7.05 Å². The molecule has 6 nitrogen and oxygen atoms in total. The van der Waals surface area contributed by atoms with E-state index in [2.05, 4.69) is 9.97 Å². The first-order chi connectivity index (χ1) is 11.6. The van der Waals surface area contributed by atoms with Crippen molar-refractivity contribution >= 4 is 17.9 Å². The molecule has 7 heteroatoms. The molecule has 0 saturated heterocycles. The highest BCUT2D eigenvalue weighted by molar-refractivity contribution is 6.30. The molecule has 3 aromatic rings. The fraction of sp³-hybridized carbons (Fsp3) is 0.118. The summed E-state index contributed by atoms with van der Waals surface area (Å²) in [4.78, 5) is 19.4. The van der Waals surface area contributed by atoms with Gasteiger partial charge in [0.15, 0.2) is 6.29 Å². The Morgan fingerprint density at radius 3 is 2.71 bits per heavy atom. The largest absolute Gasteiger partial charge is 0.438 e. The van der Waals surface area contributed by atoms with Gasteiger partial charge in [-0.05, 0) is 18.2 Å². The number of aromatic nitrogens is 3. The molecule has 0 radical (unpaired) electrons. The average Bonchev–Trinajstić information content (AvgIpc) is 2.96. The van der Waals surface area contributed by atoms with Gasteiger partial charge in [-0.15, -0.1) is 0 Å². The second-order valence-electron chi connectivity index (χ2n) is 5.06. The average molecular weight is 344 g/mol. The summed E-state index contributed by atoms with van der Waals surface area (Å²) in [5.74, 6) is 1.26. The van der Waals surface area contributed by atoms with Gasteiger partial charge in [-0.1, -0.05) is 11.6 Å². The van der Waals surface area contributed by atoms with Gasteiger partial charge in [0.25, 0.3) is 0 Å². The zero-order chi connectivity index (χ0) is 17.1. The number of nitrogens with zero attached hydrogens (tertiary/aromatic N) is 3. The maximum Gasteiger partial charge on any atom is 0.219 e. The van der Waals surface area contributed by atoms with E-state index in [0.717, 1.165) is 11.3 Å². The van der Waals surface area contributed by atoms with Crippen molar-refractivity contribution in [3.8, 4) is 22.9 Å². The second kappa shape index (κ2) is 6.82. The van der Waals surface area contributed by atoms with Crippen LogP contribution in [0.15, 0.2) is 42.7 Å². The van der Waals surface area contributed by atoms with Crippen LogP contribution in [0, 0.1) is 0 Å². The molecule has 1 N–H and O–H groups in total. The second-order valence-corrected chi connectivity index (χ2v) is 5.50. The van der Waals surface area contributed by atoms with Crippen LogP contribution < -0.4 is 4.74 Å². The van der Waals surface area contributed by atoms with E-state index in [-0.39, 0.29) is 6.61 Å². The van der Waals surface area contributed by atoms with Crippen molar-refractivity contribution in [2.75, 3.05) is 0 Å². The topological polar surface area (TPSA) is 77.2 Å². The van der Waals surface area contributed by atoms with Crippen LogP contribution in [0.25, 0.3) is 11.3 Å². The van der Waals surface area contributed by atoms with Crippen molar-refractivity contribution < 1.29 is 14.6 Å². The number of benzene rings is 1. The third-order valence-electron chi connectivity index (χ3n) is 3.58. The Labute approximate surface area is 143 Å². The van der Waals surface area contributed by atoms with Gasteiger partial charge in [-0.25, -0.2) is 9.97 Å². The quantitative estimate of drug-likeness (QED) is 0.720. The molecule has 0 spiro atoms. The number of aliphatic hydroxyl groups excluding tert-OH is 1. The molecule has 0 fully saturated rings. The Balaban J connectivity index is 1.86. The monoisotopic (exact) mass is 343 g/mol. The summed E-state index contributed by atoms with van der Waals surface area (Å²) in [5, 5.41) is 9.67. The van der Waals surface area contributed by atoms with Crippen LogP contribution in [0.4, 0.5) is 0 Å². The van der Waals surface area contributed by atoms with Crippen molar-refractivity contribution in [3.63, 3.8) is 0 Å². The van der Waals surface area contributed by atoms with E-state index < -0.39 is 0 Å². The Morgan fingerprint density at radius 2 is 2.08 bits per heavy atom. The number of hydrogen-bond acceptors (Lipinski definition) is 5. The minimum Gasteiger partial charge on any atom is -0.438 e. The zero-order valence-corrected chi connectivity index (χ0v) is 13.6. The molecule has 0 bridgehead atoms. The van der Waals surface area contributed by atoms with Crippen LogP contribution in [0.3, 0.4) is 0 Å². The van der Waals surface area contributed by atoms with Crippen LogP contribution in [0.1, 0.15) is 16.2 Å². The van der Waals surface area contributed by atoms with Gasteiger partial charge in [0, 0.05) is 36.0 Å². The molecular formula is C17H14ClN3O3. The van der Waals surface area contributed by atoms with Crippen molar-refractivity contribution in [3.05, 3.63) is 59.1 Å². The van der Waals surface area contributed by atoms with Crippen molar-refractivity contribution in [2.45, 2.75) is 6.61 Å². The standard InChI is InChI=1S/C17H14ClN3O3/c1-21-14(8-19-16(21)10-23)11-3-5-17(20-7-11)24-15-6-13(18)4-2-12(15)9-22/h2-9,23H,10H2,1H3. The smallest absolute Gasteiger partial charge is 0.219 e. The lowest BCUT2D eigenvalue weighted by Gasteiger charge is -2.09. The predicted molar refractivity (Wildman–Crippen MR) is 89.3 cm³/mol. The van der Waals surface area contributed by atoms with E-state index in [9.17, 15) is 9.90 Å². The summed E-state index contributed by atoms with van der Waals surface area (Å²) in [6, 6.07) is 8.29. The lowest BCUT2D eigenvalue weighted by atomic mass is 10.2. The molecule has 2 heterocycles. The van der Waals surface area contributed by atoms with Crippen LogP contribution in [-0.4, -0.2) is 25.9 Å². The molecule has 0 aliphatic rings. The Morgan fingerprint density at radius 1 is 1.25 bits per heavy atom. The minimum absolute atomic E-state index is 0.131. The van der Waals surface area contributed by atoms with Gasteiger partial charge in [0.2, 0.25) is 5.88 Å². The number of imidazole rings is 1. The third-order valence-corrected chi connectivity index (χ3v) is 3.81. The van der Waals surface area contributed by atoms with Crippen LogP contribution in [0.2, 0.25) is 5.02 Å². The number of aldehydes is 1. The van der Waals surface area contributed by atoms with E-state index in [0.29, 0.717) is 34.3 Å². The van der Waals surface area contributed by atoms with E-state index in [1.807, 2.05) is 13.1 Å². The number of carbonyl (C=O) groups excluding carboxylic acids is 1. The Kier molecular flexibility index (Phi) is 4.59. The lowest BCUT2D eigenvalue weighted by Crippen LogP contribution is -1.99. The number of carbonyl (C=O) groups is 1. The lowest BCUT2D eigenvalue weighted by molar-refractivity contribution is 0.112. The molecular weight excluding hydrogens is 330 g/mol. The van der Waals surface area contributed by atoms with E-state index in [1.165, 1.54) is 0 Å². The predicted octanol–water partition coefficient (Wildman–Crippen LogP) is 3.23. The van der Waals surface area contributed by atoms with E-state index in [4.69, 9.17) is 16.3 Å². The van der Waals surface area contributed by atoms with Gasteiger partial charge >= 0.3 is 0 Å². The Hall–Kier alpha value is -2.70. The third kappa shape index (κ3) is 3.15. The van der Waals surface area contributed by atoms with Crippen LogP contribution >= 0.6 is 11.6 Å². The molecule has 24 heavy (non-hydrogen) atoms. The van der Waals surface area contributed by atoms with E-state index >= 15 is 0 Å². The number of pyridine rings is 1. The molecule has 1 aromatic carbocycles. The fourth-order valence-corrected chi connectivity index (χ4v) is 2.42. The molecule has 122 valence electrons. The normalized spacial score (nSPS) is 10.6. The molecule has 0 atom stereocenters. The van der Waals surface area contributed by atoms with Crippen molar-refractivity contribution in [1.82, 2.24) is 14.5 Å². The first kappa shape index (κ1) is 16.2. The summed E-state index contributed by atoms with van der Waals surface area (Å²) in [6.07, 6.45) is 4.01. The molecule has 0 aliphatic carbocycles. The Bertz CT molecular complexity index is 875.